The number of aromatic hydroxyl groups is 1. The number of hydrogen-bond donors (Lipinski definition) is 2. The highest BCUT2D eigenvalue weighted by Gasteiger charge is 2.13. The number of phenols is 1. The second-order valence-electron chi connectivity index (χ2n) is 4.21. The SMILES string of the molecule is Cc1ccc(C(=O)Nc2cc(F)c(F)c(F)c2)cc1O. The zero-order valence-corrected chi connectivity index (χ0v) is 10.4. The van der Waals surface area contributed by atoms with Crippen molar-refractivity contribution in [3.63, 3.8) is 0 Å². The Morgan fingerprint density at radius 1 is 1.10 bits per heavy atom. The minimum absolute atomic E-state index is 0.0749. The van der Waals surface area contributed by atoms with Gasteiger partial charge in [-0.25, -0.2) is 13.2 Å². The monoisotopic (exact) mass is 281 g/mol. The summed E-state index contributed by atoms with van der Waals surface area (Å²) in [5.41, 5.74) is 0.477. The van der Waals surface area contributed by atoms with Crippen LogP contribution in [0.5, 0.6) is 5.75 Å². The molecule has 0 saturated heterocycles. The van der Waals surface area contributed by atoms with Crippen LogP contribution in [0.4, 0.5) is 18.9 Å². The van der Waals surface area contributed by atoms with E-state index in [4.69, 9.17) is 0 Å². The molecule has 2 N–H and O–H groups in total. The highest BCUT2D eigenvalue weighted by Crippen LogP contribution is 2.20. The Morgan fingerprint density at radius 3 is 2.25 bits per heavy atom. The second-order valence-corrected chi connectivity index (χ2v) is 4.21. The molecule has 0 unspecified atom stereocenters. The number of phenolic OH excluding ortho intramolecular Hbond substituents is 1. The number of carbonyl (C=O) groups is 1. The van der Waals surface area contributed by atoms with Crippen molar-refractivity contribution in [3.8, 4) is 5.75 Å². The van der Waals surface area contributed by atoms with Crippen LogP contribution in [-0.4, -0.2) is 11.0 Å². The fourth-order valence-electron chi connectivity index (χ4n) is 1.58. The van der Waals surface area contributed by atoms with Crippen molar-refractivity contribution >= 4 is 11.6 Å². The van der Waals surface area contributed by atoms with Crippen LogP contribution in [0.25, 0.3) is 0 Å². The summed E-state index contributed by atoms with van der Waals surface area (Å²) in [4.78, 5) is 11.8. The number of halogens is 3. The number of benzene rings is 2. The van der Waals surface area contributed by atoms with Crippen molar-refractivity contribution in [1.82, 2.24) is 0 Å². The summed E-state index contributed by atoms with van der Waals surface area (Å²) in [5.74, 6) is -5.14. The first kappa shape index (κ1) is 13.9. The molecule has 0 atom stereocenters. The van der Waals surface area contributed by atoms with Gasteiger partial charge in [0.1, 0.15) is 5.75 Å². The first-order valence-corrected chi connectivity index (χ1v) is 5.64. The van der Waals surface area contributed by atoms with Gasteiger partial charge in [0, 0.05) is 23.4 Å². The Balaban J connectivity index is 2.25. The zero-order valence-electron chi connectivity index (χ0n) is 10.4. The predicted molar refractivity (Wildman–Crippen MR) is 67.1 cm³/mol. The van der Waals surface area contributed by atoms with Crippen LogP contribution in [0.15, 0.2) is 30.3 Å². The highest BCUT2D eigenvalue weighted by molar-refractivity contribution is 6.04. The fourth-order valence-corrected chi connectivity index (χ4v) is 1.58. The third kappa shape index (κ3) is 2.74. The van der Waals surface area contributed by atoms with Gasteiger partial charge in [-0.1, -0.05) is 6.07 Å². The van der Waals surface area contributed by atoms with Gasteiger partial charge in [-0.15, -0.1) is 0 Å². The first-order chi connectivity index (χ1) is 9.38. The summed E-state index contributed by atoms with van der Waals surface area (Å²) in [6.45, 7) is 1.65. The van der Waals surface area contributed by atoms with Crippen LogP contribution >= 0.6 is 0 Å². The van der Waals surface area contributed by atoms with E-state index in [-0.39, 0.29) is 17.0 Å². The maximum atomic E-state index is 13.0. The van der Waals surface area contributed by atoms with Crippen molar-refractivity contribution in [2.45, 2.75) is 6.92 Å². The number of carbonyl (C=O) groups excluding carboxylic acids is 1. The Hall–Kier alpha value is -2.50. The summed E-state index contributed by atoms with van der Waals surface area (Å²) >= 11 is 0. The number of aryl methyl sites for hydroxylation is 1. The van der Waals surface area contributed by atoms with Gasteiger partial charge >= 0.3 is 0 Å². The first-order valence-electron chi connectivity index (χ1n) is 5.64. The van der Waals surface area contributed by atoms with Gasteiger partial charge in [0.2, 0.25) is 0 Å². The lowest BCUT2D eigenvalue weighted by atomic mass is 10.1. The van der Waals surface area contributed by atoms with E-state index in [1.165, 1.54) is 18.2 Å². The maximum Gasteiger partial charge on any atom is 0.255 e. The average Bonchev–Trinajstić information content (AvgIpc) is 2.39. The molecule has 0 heterocycles. The van der Waals surface area contributed by atoms with Gasteiger partial charge in [-0.3, -0.25) is 4.79 Å². The second kappa shape index (κ2) is 5.24. The van der Waals surface area contributed by atoms with Crippen LogP contribution in [0.3, 0.4) is 0 Å². The van der Waals surface area contributed by atoms with Gasteiger partial charge in [0.05, 0.1) is 0 Å². The predicted octanol–water partition coefficient (Wildman–Crippen LogP) is 3.37. The maximum absolute atomic E-state index is 13.0. The summed E-state index contributed by atoms with van der Waals surface area (Å²) in [7, 11) is 0. The van der Waals surface area contributed by atoms with Crippen LogP contribution in [0.1, 0.15) is 15.9 Å². The number of nitrogens with one attached hydrogen (secondary N) is 1. The molecule has 3 nitrogen and oxygen atoms in total. The molecule has 2 aromatic rings. The standard InChI is InChI=1S/C14H10F3NO2/c1-7-2-3-8(4-12(7)19)14(20)18-9-5-10(15)13(17)11(16)6-9/h2-6,19H,1H3,(H,18,20). The molecule has 1 amide bonds. The normalized spacial score (nSPS) is 10.4. The van der Waals surface area contributed by atoms with Gasteiger partial charge < -0.3 is 10.4 Å². The molecule has 0 saturated carbocycles. The van der Waals surface area contributed by atoms with Gasteiger partial charge in [-0.05, 0) is 24.6 Å². The molecular weight excluding hydrogens is 271 g/mol. The molecule has 0 aliphatic carbocycles. The molecule has 0 radical (unpaired) electrons. The third-order valence-corrected chi connectivity index (χ3v) is 2.71. The van der Waals surface area contributed by atoms with Crippen molar-refractivity contribution in [2.24, 2.45) is 0 Å². The zero-order chi connectivity index (χ0) is 14.9. The Morgan fingerprint density at radius 2 is 1.70 bits per heavy atom. The van der Waals surface area contributed by atoms with Gasteiger partial charge in [0.25, 0.3) is 5.91 Å². The van der Waals surface area contributed by atoms with Crippen molar-refractivity contribution in [2.75, 3.05) is 5.32 Å². The lowest BCUT2D eigenvalue weighted by Crippen LogP contribution is -2.12. The van der Waals surface area contributed by atoms with Gasteiger partial charge in [0.15, 0.2) is 17.5 Å². The van der Waals surface area contributed by atoms with E-state index in [0.29, 0.717) is 17.7 Å². The smallest absolute Gasteiger partial charge is 0.255 e. The largest absolute Gasteiger partial charge is 0.508 e. The van der Waals surface area contributed by atoms with Crippen molar-refractivity contribution in [1.29, 1.82) is 0 Å². The van der Waals surface area contributed by atoms with E-state index in [0.717, 1.165) is 0 Å². The lowest BCUT2D eigenvalue weighted by Gasteiger charge is -2.07. The molecule has 0 spiro atoms. The molecule has 0 fully saturated rings. The van der Waals surface area contributed by atoms with E-state index in [1.54, 1.807) is 6.92 Å². The molecule has 0 bridgehead atoms. The van der Waals surface area contributed by atoms with E-state index in [2.05, 4.69) is 5.32 Å². The molecule has 20 heavy (non-hydrogen) atoms. The van der Waals surface area contributed by atoms with E-state index in [9.17, 15) is 23.1 Å². The summed E-state index contributed by atoms with van der Waals surface area (Å²) < 4.78 is 38.8. The molecular formula is C14H10F3NO2. The molecule has 0 aromatic heterocycles. The summed E-state index contributed by atoms with van der Waals surface area (Å²) in [6, 6.07) is 5.53. The fraction of sp³-hybridized carbons (Fsp3) is 0.0714. The molecule has 104 valence electrons. The minimum Gasteiger partial charge on any atom is -0.508 e. The minimum atomic E-state index is -1.60. The topological polar surface area (TPSA) is 49.3 Å². The molecule has 2 aromatic carbocycles. The molecule has 6 heteroatoms. The highest BCUT2D eigenvalue weighted by atomic mass is 19.2. The van der Waals surface area contributed by atoms with Crippen LogP contribution < -0.4 is 5.32 Å². The van der Waals surface area contributed by atoms with E-state index < -0.39 is 23.4 Å². The Labute approximate surface area is 112 Å². The Kier molecular flexibility index (Phi) is 3.65. The molecule has 0 aliphatic heterocycles. The lowest BCUT2D eigenvalue weighted by molar-refractivity contribution is 0.102. The van der Waals surface area contributed by atoms with E-state index in [1.807, 2.05) is 0 Å². The van der Waals surface area contributed by atoms with Crippen LogP contribution in [-0.2, 0) is 0 Å². The van der Waals surface area contributed by atoms with Crippen LogP contribution in [0.2, 0.25) is 0 Å². The quantitative estimate of drug-likeness (QED) is 0.829. The van der Waals surface area contributed by atoms with Gasteiger partial charge in [-0.2, -0.15) is 0 Å². The average molecular weight is 281 g/mol. The van der Waals surface area contributed by atoms with Crippen molar-refractivity contribution in [3.05, 3.63) is 58.9 Å². The number of amides is 1. The summed E-state index contributed by atoms with van der Waals surface area (Å²) in [5, 5.41) is 11.7. The number of rotatable bonds is 2. The molecule has 0 aliphatic rings. The van der Waals surface area contributed by atoms with Crippen molar-refractivity contribution < 1.29 is 23.1 Å². The summed E-state index contributed by atoms with van der Waals surface area (Å²) in [6.07, 6.45) is 0. The van der Waals surface area contributed by atoms with E-state index >= 15 is 0 Å². The van der Waals surface area contributed by atoms with Crippen LogP contribution in [0, 0.1) is 24.4 Å². The third-order valence-electron chi connectivity index (χ3n) is 2.71. The number of hydrogen-bond acceptors (Lipinski definition) is 2. The Bertz CT molecular complexity index is 663. The molecule has 2 rings (SSSR count). The number of anilines is 1.